The van der Waals surface area contributed by atoms with Gasteiger partial charge in [-0.2, -0.15) is 0 Å². The highest BCUT2D eigenvalue weighted by Crippen LogP contribution is 2.36. The van der Waals surface area contributed by atoms with E-state index in [9.17, 15) is 9.59 Å². The van der Waals surface area contributed by atoms with Crippen molar-refractivity contribution in [3.05, 3.63) is 70.1 Å². The van der Waals surface area contributed by atoms with Gasteiger partial charge in [-0.15, -0.1) is 0 Å². The van der Waals surface area contributed by atoms with Crippen LogP contribution < -0.4 is 10.9 Å². The minimum Gasteiger partial charge on any atom is -0.457 e. The first kappa shape index (κ1) is 21.3. The Balaban J connectivity index is 1.67. The SMILES string of the molecule is Cn1cc(C(=O)OCc2ccccc2)c(=O)c2cc(B3OC(C)(C)C(C)(C)O3)cnc21. The van der Waals surface area contributed by atoms with E-state index < -0.39 is 29.7 Å². The third-order valence-electron chi connectivity index (χ3n) is 5.99. The Morgan fingerprint density at radius 1 is 1.13 bits per heavy atom. The molecular weight excluding hydrogens is 395 g/mol. The number of nitrogens with zero attached hydrogens (tertiary/aromatic N) is 2. The van der Waals surface area contributed by atoms with E-state index in [4.69, 9.17) is 14.0 Å². The molecule has 1 aromatic carbocycles. The van der Waals surface area contributed by atoms with Crippen molar-refractivity contribution in [3.63, 3.8) is 0 Å². The molecule has 1 fully saturated rings. The molecule has 0 amide bonds. The van der Waals surface area contributed by atoms with Gasteiger partial charge in [-0.25, -0.2) is 9.78 Å². The summed E-state index contributed by atoms with van der Waals surface area (Å²) >= 11 is 0. The molecule has 4 rings (SSSR count). The summed E-state index contributed by atoms with van der Waals surface area (Å²) in [5.74, 6) is -0.674. The molecule has 0 atom stereocenters. The summed E-state index contributed by atoms with van der Waals surface area (Å²) in [6.07, 6.45) is 3.09. The van der Waals surface area contributed by atoms with Gasteiger partial charge in [0.2, 0.25) is 5.43 Å². The predicted octanol–water partition coefficient (Wildman–Crippen LogP) is 2.59. The van der Waals surface area contributed by atoms with Crippen LogP contribution in [0.5, 0.6) is 0 Å². The van der Waals surface area contributed by atoms with Crippen LogP contribution in [0.15, 0.2) is 53.6 Å². The molecule has 1 saturated heterocycles. The highest BCUT2D eigenvalue weighted by Gasteiger charge is 2.51. The molecule has 8 heteroatoms. The highest BCUT2D eigenvalue weighted by molar-refractivity contribution is 6.62. The van der Waals surface area contributed by atoms with E-state index in [1.807, 2.05) is 58.0 Å². The largest absolute Gasteiger partial charge is 0.496 e. The number of carbonyl (C=O) groups excluding carboxylic acids is 1. The van der Waals surface area contributed by atoms with Gasteiger partial charge in [0.1, 0.15) is 17.8 Å². The Kier molecular flexibility index (Phi) is 5.23. The van der Waals surface area contributed by atoms with Crippen LogP contribution >= 0.6 is 0 Å². The van der Waals surface area contributed by atoms with Crippen molar-refractivity contribution < 1.29 is 18.8 Å². The normalized spacial score (nSPS) is 17.1. The lowest BCUT2D eigenvalue weighted by atomic mass is 9.80. The molecule has 1 aliphatic heterocycles. The molecule has 7 nitrogen and oxygen atoms in total. The first-order valence-electron chi connectivity index (χ1n) is 10.1. The zero-order chi connectivity index (χ0) is 22.4. The molecule has 3 heterocycles. The number of aromatic nitrogens is 2. The van der Waals surface area contributed by atoms with Crippen LogP contribution in [-0.2, 0) is 27.7 Å². The van der Waals surface area contributed by atoms with Crippen molar-refractivity contribution in [1.82, 2.24) is 9.55 Å². The quantitative estimate of drug-likeness (QED) is 0.477. The van der Waals surface area contributed by atoms with Crippen LogP contribution in [0.4, 0.5) is 0 Å². The average molecular weight is 420 g/mol. The van der Waals surface area contributed by atoms with E-state index in [-0.39, 0.29) is 12.2 Å². The Morgan fingerprint density at radius 2 is 1.77 bits per heavy atom. The van der Waals surface area contributed by atoms with Gasteiger partial charge < -0.3 is 18.6 Å². The van der Waals surface area contributed by atoms with Gasteiger partial charge in [-0.05, 0) is 39.3 Å². The Bertz CT molecular complexity index is 1190. The van der Waals surface area contributed by atoms with Gasteiger partial charge in [0, 0.05) is 24.9 Å². The summed E-state index contributed by atoms with van der Waals surface area (Å²) in [6.45, 7) is 7.93. The van der Waals surface area contributed by atoms with Crippen LogP contribution in [-0.4, -0.2) is 33.8 Å². The molecule has 0 spiro atoms. The van der Waals surface area contributed by atoms with E-state index in [1.165, 1.54) is 6.20 Å². The second kappa shape index (κ2) is 7.62. The van der Waals surface area contributed by atoms with Crippen LogP contribution in [0, 0.1) is 0 Å². The van der Waals surface area contributed by atoms with E-state index in [0.717, 1.165) is 5.56 Å². The molecular formula is C23H25BN2O5. The lowest BCUT2D eigenvalue weighted by Gasteiger charge is -2.32. The smallest absolute Gasteiger partial charge is 0.457 e. The Morgan fingerprint density at radius 3 is 2.42 bits per heavy atom. The topological polar surface area (TPSA) is 79.7 Å². The van der Waals surface area contributed by atoms with E-state index in [1.54, 1.807) is 23.9 Å². The zero-order valence-corrected chi connectivity index (χ0v) is 18.3. The van der Waals surface area contributed by atoms with Crippen molar-refractivity contribution in [2.45, 2.75) is 45.5 Å². The number of hydrogen-bond acceptors (Lipinski definition) is 6. The molecule has 3 aromatic rings. The van der Waals surface area contributed by atoms with Gasteiger partial charge in [-0.3, -0.25) is 4.79 Å². The zero-order valence-electron chi connectivity index (χ0n) is 18.3. The number of pyridine rings is 2. The Hall–Kier alpha value is -2.97. The lowest BCUT2D eigenvalue weighted by Crippen LogP contribution is -2.41. The summed E-state index contributed by atoms with van der Waals surface area (Å²) in [7, 11) is 1.08. The second-order valence-electron chi connectivity index (χ2n) is 8.77. The van der Waals surface area contributed by atoms with Crippen molar-refractivity contribution in [2.24, 2.45) is 7.05 Å². The van der Waals surface area contributed by atoms with Gasteiger partial charge in [0.25, 0.3) is 0 Å². The number of fused-ring (bicyclic) bond motifs is 1. The van der Waals surface area contributed by atoms with Crippen molar-refractivity contribution in [1.29, 1.82) is 0 Å². The fourth-order valence-corrected chi connectivity index (χ4v) is 3.43. The summed E-state index contributed by atoms with van der Waals surface area (Å²) in [5.41, 5.74) is 0.429. The molecule has 2 aromatic heterocycles. The van der Waals surface area contributed by atoms with Crippen LogP contribution in [0.25, 0.3) is 11.0 Å². The van der Waals surface area contributed by atoms with Gasteiger partial charge in [0.05, 0.1) is 16.6 Å². The summed E-state index contributed by atoms with van der Waals surface area (Å²) in [4.78, 5) is 30.2. The molecule has 160 valence electrons. The molecule has 0 bridgehead atoms. The highest BCUT2D eigenvalue weighted by atomic mass is 16.7. The number of hydrogen-bond donors (Lipinski definition) is 0. The fraction of sp³-hybridized carbons (Fsp3) is 0.348. The first-order chi connectivity index (χ1) is 14.6. The number of esters is 1. The molecule has 0 N–H and O–H groups in total. The maximum atomic E-state index is 13.1. The minimum absolute atomic E-state index is 0.0428. The number of aryl methyl sites for hydroxylation is 1. The monoisotopic (exact) mass is 420 g/mol. The molecule has 1 aliphatic rings. The third-order valence-corrected chi connectivity index (χ3v) is 5.99. The summed E-state index contributed by atoms with van der Waals surface area (Å²) in [6, 6.07) is 11.0. The number of ether oxygens (including phenoxy) is 1. The van der Waals surface area contributed by atoms with Crippen molar-refractivity contribution in [2.75, 3.05) is 0 Å². The molecule has 0 radical (unpaired) electrons. The third kappa shape index (κ3) is 3.89. The maximum absolute atomic E-state index is 13.1. The van der Waals surface area contributed by atoms with Gasteiger partial charge >= 0.3 is 13.1 Å². The predicted molar refractivity (Wildman–Crippen MR) is 118 cm³/mol. The summed E-state index contributed by atoms with van der Waals surface area (Å²) < 4.78 is 19.1. The maximum Gasteiger partial charge on any atom is 0.496 e. The molecule has 31 heavy (non-hydrogen) atoms. The lowest BCUT2D eigenvalue weighted by molar-refractivity contribution is 0.00578. The standard InChI is InChI=1S/C23H25BN2O5/c1-22(2)23(3,4)31-24(30-22)16-11-17-19(27)18(13-26(5)20(17)25-12-16)21(28)29-14-15-9-7-6-8-10-15/h6-13H,14H2,1-5H3. The fourth-order valence-electron chi connectivity index (χ4n) is 3.43. The second-order valence-corrected chi connectivity index (χ2v) is 8.77. The summed E-state index contributed by atoms with van der Waals surface area (Å²) in [5, 5.41) is 0.309. The van der Waals surface area contributed by atoms with Crippen molar-refractivity contribution in [3.8, 4) is 0 Å². The number of carbonyl (C=O) groups is 1. The molecule has 0 aliphatic carbocycles. The van der Waals surface area contributed by atoms with E-state index >= 15 is 0 Å². The van der Waals surface area contributed by atoms with Crippen LogP contribution in [0.2, 0.25) is 0 Å². The first-order valence-corrected chi connectivity index (χ1v) is 10.1. The average Bonchev–Trinajstić information content (AvgIpc) is 2.96. The number of benzene rings is 1. The van der Waals surface area contributed by atoms with Gasteiger partial charge in [0.15, 0.2) is 0 Å². The van der Waals surface area contributed by atoms with E-state index in [0.29, 0.717) is 16.5 Å². The van der Waals surface area contributed by atoms with Crippen LogP contribution in [0.3, 0.4) is 0 Å². The minimum atomic E-state index is -0.674. The molecule has 0 saturated carbocycles. The molecule has 0 unspecified atom stereocenters. The van der Waals surface area contributed by atoms with Gasteiger partial charge in [-0.1, -0.05) is 30.3 Å². The Labute approximate surface area is 181 Å². The van der Waals surface area contributed by atoms with E-state index in [2.05, 4.69) is 4.98 Å². The number of rotatable bonds is 4. The van der Waals surface area contributed by atoms with Crippen LogP contribution in [0.1, 0.15) is 43.6 Å². The van der Waals surface area contributed by atoms with Crippen molar-refractivity contribution >= 4 is 29.6 Å².